The van der Waals surface area contributed by atoms with Crippen LogP contribution < -0.4 is 10.6 Å². The zero-order chi connectivity index (χ0) is 20.4. The van der Waals surface area contributed by atoms with Gasteiger partial charge in [0.1, 0.15) is 35.9 Å². The van der Waals surface area contributed by atoms with E-state index in [0.717, 1.165) is 38.0 Å². The zero-order valence-electron chi connectivity index (χ0n) is 16.5. The van der Waals surface area contributed by atoms with Crippen molar-refractivity contribution in [2.75, 3.05) is 18.9 Å². The molecular weight excluding hydrogens is 396 g/mol. The normalized spacial score (nSPS) is 46.9. The molecule has 0 aromatic rings. The first-order chi connectivity index (χ1) is 14.1. The standard InChI is InChI=1S/C20H32N2O6S/c23-14-15(24)18-12(7-2-1-5-9-29-20(28-18)16(14)25)22-19(26)13-17-11(10-21-13)6-3-4-8-27-17/h1-2,11-18,20-21,23-25H,3-10H2,(H,22,26)/b2-1-/t11-,12?,13?,14?,15?,16?,17?,18?,20?/m0/s1. The van der Waals surface area contributed by atoms with E-state index in [2.05, 4.69) is 10.6 Å². The molecule has 29 heavy (non-hydrogen) atoms. The number of ether oxygens (including phenoxy) is 2. The van der Waals surface area contributed by atoms with E-state index in [0.29, 0.717) is 18.9 Å². The molecule has 4 rings (SSSR count). The summed E-state index contributed by atoms with van der Waals surface area (Å²) in [5.74, 6) is 0.916. The van der Waals surface area contributed by atoms with Crippen LogP contribution in [0.4, 0.5) is 0 Å². The summed E-state index contributed by atoms with van der Waals surface area (Å²) >= 11 is 1.41. The number of carbonyl (C=O) groups is 1. The molecule has 0 radical (unpaired) electrons. The van der Waals surface area contributed by atoms with Crippen molar-refractivity contribution >= 4 is 17.7 Å². The average molecular weight is 429 g/mol. The second-order valence-electron chi connectivity index (χ2n) is 8.40. The number of nitrogens with one attached hydrogen (secondary N) is 2. The van der Waals surface area contributed by atoms with Crippen molar-refractivity contribution in [3.63, 3.8) is 0 Å². The fraction of sp³-hybridized carbons (Fsp3) is 0.850. The largest absolute Gasteiger partial charge is 0.388 e. The second-order valence-corrected chi connectivity index (χ2v) is 9.61. The number of carbonyl (C=O) groups excluding carboxylic acids is 1. The summed E-state index contributed by atoms with van der Waals surface area (Å²) in [4.78, 5) is 13.1. The predicted octanol–water partition coefficient (Wildman–Crippen LogP) is -0.481. The first-order valence-corrected chi connectivity index (χ1v) is 11.7. The van der Waals surface area contributed by atoms with Crippen LogP contribution in [0, 0.1) is 5.92 Å². The molecule has 0 spiro atoms. The molecule has 4 aliphatic rings. The maximum atomic E-state index is 13.1. The second kappa shape index (κ2) is 9.64. The maximum absolute atomic E-state index is 13.1. The van der Waals surface area contributed by atoms with Crippen LogP contribution >= 0.6 is 11.8 Å². The molecule has 0 aliphatic carbocycles. The molecule has 0 aromatic heterocycles. The Bertz CT molecular complexity index is 608. The van der Waals surface area contributed by atoms with Crippen LogP contribution in [0.1, 0.15) is 32.1 Å². The Kier molecular flexibility index (Phi) is 7.16. The fourth-order valence-electron chi connectivity index (χ4n) is 4.76. The molecule has 8 unspecified atom stereocenters. The molecule has 3 saturated heterocycles. The number of aliphatic hydroxyl groups is 3. The van der Waals surface area contributed by atoms with Crippen LogP contribution in [-0.2, 0) is 14.3 Å². The minimum atomic E-state index is -1.31. The molecule has 2 bridgehead atoms. The fourth-order valence-corrected chi connectivity index (χ4v) is 5.83. The van der Waals surface area contributed by atoms with E-state index in [1.165, 1.54) is 11.8 Å². The van der Waals surface area contributed by atoms with Gasteiger partial charge in [-0.1, -0.05) is 18.6 Å². The number of allylic oxidation sites excluding steroid dienone is 1. The van der Waals surface area contributed by atoms with Gasteiger partial charge in [-0.05, 0) is 37.4 Å². The van der Waals surface area contributed by atoms with Crippen LogP contribution in [0.25, 0.3) is 0 Å². The smallest absolute Gasteiger partial charge is 0.240 e. The van der Waals surface area contributed by atoms with Gasteiger partial charge in [0, 0.05) is 13.2 Å². The first-order valence-electron chi connectivity index (χ1n) is 10.7. The van der Waals surface area contributed by atoms with Crippen molar-refractivity contribution in [1.82, 2.24) is 10.6 Å². The van der Waals surface area contributed by atoms with Crippen molar-refractivity contribution < 1.29 is 29.6 Å². The van der Waals surface area contributed by atoms with E-state index in [9.17, 15) is 20.1 Å². The molecule has 9 heteroatoms. The molecule has 8 nitrogen and oxygen atoms in total. The van der Waals surface area contributed by atoms with Crippen molar-refractivity contribution in [3.8, 4) is 0 Å². The van der Waals surface area contributed by atoms with Crippen LogP contribution in [0.5, 0.6) is 0 Å². The lowest BCUT2D eigenvalue weighted by Gasteiger charge is -2.43. The minimum absolute atomic E-state index is 0.138. The van der Waals surface area contributed by atoms with E-state index in [1.807, 2.05) is 12.2 Å². The number of hydrogen-bond donors (Lipinski definition) is 5. The van der Waals surface area contributed by atoms with Crippen LogP contribution in [0.15, 0.2) is 12.2 Å². The van der Waals surface area contributed by atoms with Gasteiger partial charge >= 0.3 is 0 Å². The topological polar surface area (TPSA) is 120 Å². The molecule has 9 atom stereocenters. The molecule has 4 aliphatic heterocycles. The van der Waals surface area contributed by atoms with Gasteiger partial charge in [0.15, 0.2) is 0 Å². The highest BCUT2D eigenvalue weighted by molar-refractivity contribution is 7.99. The Morgan fingerprint density at radius 1 is 1.10 bits per heavy atom. The Labute approximate surface area is 175 Å². The Morgan fingerprint density at radius 3 is 2.83 bits per heavy atom. The molecular formula is C20H32N2O6S. The Hall–Kier alpha value is -0.680. The number of rotatable bonds is 2. The monoisotopic (exact) mass is 428 g/mol. The summed E-state index contributed by atoms with van der Waals surface area (Å²) in [6, 6.07) is -0.942. The van der Waals surface area contributed by atoms with Crippen molar-refractivity contribution in [3.05, 3.63) is 12.2 Å². The highest BCUT2D eigenvalue weighted by Crippen LogP contribution is 2.32. The quantitative estimate of drug-likeness (QED) is 0.374. The van der Waals surface area contributed by atoms with Gasteiger partial charge in [0.2, 0.25) is 5.91 Å². The zero-order valence-corrected chi connectivity index (χ0v) is 17.3. The summed E-state index contributed by atoms with van der Waals surface area (Å²) in [5, 5.41) is 37.5. The summed E-state index contributed by atoms with van der Waals surface area (Å²) in [6.07, 6.45) is 3.81. The van der Waals surface area contributed by atoms with E-state index in [4.69, 9.17) is 9.47 Å². The number of fused-ring (bicyclic) bond motifs is 3. The van der Waals surface area contributed by atoms with Gasteiger partial charge in [-0.25, -0.2) is 0 Å². The van der Waals surface area contributed by atoms with Crippen molar-refractivity contribution in [2.45, 2.75) is 80.1 Å². The molecule has 0 aromatic carbocycles. The average Bonchev–Trinajstić information content (AvgIpc) is 2.98. The Balaban J connectivity index is 1.49. The number of hydrogen-bond acceptors (Lipinski definition) is 8. The van der Waals surface area contributed by atoms with Gasteiger partial charge in [0.25, 0.3) is 0 Å². The number of thioether (sulfide) groups is 1. The summed E-state index contributed by atoms with van der Waals surface area (Å²) < 4.78 is 11.9. The molecule has 5 N–H and O–H groups in total. The lowest BCUT2D eigenvalue weighted by Crippen LogP contribution is -2.63. The van der Waals surface area contributed by atoms with E-state index >= 15 is 0 Å². The molecule has 1 amide bonds. The summed E-state index contributed by atoms with van der Waals surface area (Å²) in [5.41, 5.74) is -0.636. The van der Waals surface area contributed by atoms with E-state index < -0.39 is 41.9 Å². The third-order valence-electron chi connectivity index (χ3n) is 6.41. The Morgan fingerprint density at radius 2 is 1.97 bits per heavy atom. The first kappa shape index (κ1) is 21.5. The van der Waals surface area contributed by atoms with Crippen LogP contribution in [0.2, 0.25) is 0 Å². The van der Waals surface area contributed by atoms with Gasteiger partial charge in [-0.15, -0.1) is 11.8 Å². The van der Waals surface area contributed by atoms with Crippen molar-refractivity contribution in [1.29, 1.82) is 0 Å². The van der Waals surface area contributed by atoms with Crippen LogP contribution in [-0.4, -0.2) is 88.2 Å². The van der Waals surface area contributed by atoms with E-state index in [-0.39, 0.29) is 12.0 Å². The highest BCUT2D eigenvalue weighted by Gasteiger charge is 2.48. The molecule has 4 heterocycles. The van der Waals surface area contributed by atoms with Gasteiger partial charge in [-0.2, -0.15) is 0 Å². The van der Waals surface area contributed by atoms with Gasteiger partial charge in [-0.3, -0.25) is 4.79 Å². The summed E-state index contributed by atoms with van der Waals surface area (Å²) in [6.45, 7) is 1.44. The molecule has 164 valence electrons. The predicted molar refractivity (Wildman–Crippen MR) is 108 cm³/mol. The van der Waals surface area contributed by atoms with E-state index in [1.54, 1.807) is 0 Å². The van der Waals surface area contributed by atoms with Crippen molar-refractivity contribution in [2.24, 2.45) is 5.92 Å². The maximum Gasteiger partial charge on any atom is 0.240 e. The van der Waals surface area contributed by atoms with Crippen LogP contribution in [0.3, 0.4) is 0 Å². The lowest BCUT2D eigenvalue weighted by molar-refractivity contribution is -0.205. The summed E-state index contributed by atoms with van der Waals surface area (Å²) in [7, 11) is 0. The highest BCUT2D eigenvalue weighted by atomic mass is 32.2. The number of aliphatic hydroxyl groups excluding tert-OH is 3. The SMILES string of the molecule is O=C(NC1C/C=C\CCSC2OC1C(O)C(O)C2O)C1NC[C@@H]2CCCCOC12. The molecule has 3 fully saturated rings. The minimum Gasteiger partial charge on any atom is -0.388 e. The van der Waals surface area contributed by atoms with Gasteiger partial charge in [0.05, 0.1) is 12.1 Å². The molecule has 0 saturated carbocycles. The third-order valence-corrected chi connectivity index (χ3v) is 7.60. The third kappa shape index (κ3) is 4.66. The number of amides is 1. The van der Waals surface area contributed by atoms with Gasteiger partial charge < -0.3 is 35.4 Å². The lowest BCUT2D eigenvalue weighted by atomic mass is 9.92.